The first-order valence-corrected chi connectivity index (χ1v) is 7.07. The van der Waals surface area contributed by atoms with Crippen molar-refractivity contribution in [3.8, 4) is 0 Å². The summed E-state index contributed by atoms with van der Waals surface area (Å²) in [5, 5.41) is 0. The molecule has 0 saturated carbocycles. The molecule has 0 aliphatic rings. The van der Waals surface area contributed by atoms with E-state index in [1.807, 2.05) is 0 Å². The van der Waals surface area contributed by atoms with Crippen LogP contribution in [0.4, 0.5) is 0 Å². The highest BCUT2D eigenvalue weighted by molar-refractivity contribution is 7.91. The van der Waals surface area contributed by atoms with E-state index in [0.29, 0.717) is 0 Å². The van der Waals surface area contributed by atoms with Gasteiger partial charge in [0.05, 0.1) is 23.2 Å². The molecule has 1 unspecified atom stereocenters. The second-order valence-corrected chi connectivity index (χ2v) is 5.78. The predicted molar refractivity (Wildman–Crippen MR) is 64.3 cm³/mol. The van der Waals surface area contributed by atoms with Crippen molar-refractivity contribution in [2.45, 2.75) is 18.7 Å². The van der Waals surface area contributed by atoms with Crippen LogP contribution in [-0.2, 0) is 19.4 Å². The van der Waals surface area contributed by atoms with Crippen LogP contribution in [0.25, 0.3) is 0 Å². The Balaban J connectivity index is 2.78. The van der Waals surface area contributed by atoms with E-state index in [1.165, 1.54) is 12.1 Å². The normalized spacial score (nSPS) is 13.1. The van der Waals surface area contributed by atoms with Gasteiger partial charge >= 0.3 is 5.97 Å². The molecule has 0 saturated heterocycles. The molecule has 0 aliphatic heterocycles. The number of hydrogen-bond acceptors (Lipinski definition) is 4. The Labute approximate surface area is 102 Å². The van der Waals surface area contributed by atoms with Crippen LogP contribution in [0.3, 0.4) is 0 Å². The minimum atomic E-state index is -3.42. The average molecular weight is 256 g/mol. The van der Waals surface area contributed by atoms with Crippen LogP contribution in [0.15, 0.2) is 35.2 Å². The fourth-order valence-electron chi connectivity index (χ4n) is 1.41. The van der Waals surface area contributed by atoms with E-state index in [2.05, 4.69) is 0 Å². The standard InChI is InChI=1S/C12H16O4S/c1-3-16-12(13)10(2)9-17(14,15)11-7-5-4-6-8-11/h4-8,10H,3,9H2,1-2H3. The smallest absolute Gasteiger partial charge is 0.309 e. The van der Waals surface area contributed by atoms with Gasteiger partial charge in [-0.1, -0.05) is 25.1 Å². The van der Waals surface area contributed by atoms with Crippen molar-refractivity contribution >= 4 is 15.8 Å². The molecule has 4 nitrogen and oxygen atoms in total. The third-order valence-corrected chi connectivity index (χ3v) is 4.19. The van der Waals surface area contributed by atoms with E-state index in [1.54, 1.807) is 32.0 Å². The van der Waals surface area contributed by atoms with Gasteiger partial charge in [-0.25, -0.2) is 8.42 Å². The van der Waals surface area contributed by atoms with Gasteiger partial charge in [0.1, 0.15) is 0 Å². The molecule has 0 aliphatic carbocycles. The van der Waals surface area contributed by atoms with E-state index in [0.717, 1.165) is 0 Å². The van der Waals surface area contributed by atoms with E-state index < -0.39 is 21.7 Å². The first-order chi connectivity index (χ1) is 7.97. The molecule has 5 heteroatoms. The van der Waals surface area contributed by atoms with E-state index >= 15 is 0 Å². The average Bonchev–Trinajstić information content (AvgIpc) is 2.30. The Morgan fingerprint density at radius 2 is 1.88 bits per heavy atom. The maximum Gasteiger partial charge on any atom is 0.309 e. The summed E-state index contributed by atoms with van der Waals surface area (Å²) in [4.78, 5) is 11.6. The molecule has 1 aromatic carbocycles. The topological polar surface area (TPSA) is 60.4 Å². The summed E-state index contributed by atoms with van der Waals surface area (Å²) >= 11 is 0. The van der Waals surface area contributed by atoms with Crippen LogP contribution in [0.2, 0.25) is 0 Å². The predicted octanol–water partition coefficient (Wildman–Crippen LogP) is 1.66. The molecule has 0 fully saturated rings. The zero-order valence-corrected chi connectivity index (χ0v) is 10.7. The van der Waals surface area contributed by atoms with Gasteiger partial charge in [-0.2, -0.15) is 0 Å². The van der Waals surface area contributed by atoms with E-state index in [-0.39, 0.29) is 17.3 Å². The molecule has 0 bridgehead atoms. The van der Waals surface area contributed by atoms with Gasteiger partial charge < -0.3 is 4.74 Å². The van der Waals surface area contributed by atoms with Crippen LogP contribution in [-0.4, -0.2) is 26.7 Å². The molecule has 94 valence electrons. The van der Waals surface area contributed by atoms with Crippen LogP contribution in [0.1, 0.15) is 13.8 Å². The molecule has 0 spiro atoms. The number of benzene rings is 1. The van der Waals surface area contributed by atoms with Crippen LogP contribution in [0.5, 0.6) is 0 Å². The van der Waals surface area contributed by atoms with Crippen molar-refractivity contribution in [2.75, 3.05) is 12.4 Å². The number of ether oxygens (including phenoxy) is 1. The monoisotopic (exact) mass is 256 g/mol. The molecule has 0 heterocycles. The van der Waals surface area contributed by atoms with Crippen molar-refractivity contribution in [1.29, 1.82) is 0 Å². The Bertz CT molecular complexity index is 465. The lowest BCUT2D eigenvalue weighted by Crippen LogP contribution is -2.23. The van der Waals surface area contributed by atoms with Gasteiger partial charge in [0, 0.05) is 0 Å². The number of carbonyl (C=O) groups excluding carboxylic acids is 1. The number of carbonyl (C=O) groups is 1. The molecular weight excluding hydrogens is 240 g/mol. The molecule has 0 aromatic heterocycles. The lowest BCUT2D eigenvalue weighted by molar-refractivity contribution is -0.146. The summed E-state index contributed by atoms with van der Waals surface area (Å²) in [5.74, 6) is -1.36. The van der Waals surface area contributed by atoms with Crippen molar-refractivity contribution in [1.82, 2.24) is 0 Å². The van der Waals surface area contributed by atoms with E-state index in [9.17, 15) is 13.2 Å². The summed E-state index contributed by atoms with van der Waals surface area (Å²) < 4.78 is 28.7. The minimum Gasteiger partial charge on any atom is -0.466 e. The summed E-state index contributed by atoms with van der Waals surface area (Å²) in [6, 6.07) is 8.10. The minimum absolute atomic E-state index is 0.226. The molecule has 1 rings (SSSR count). The SMILES string of the molecule is CCOC(=O)C(C)CS(=O)(=O)c1ccccc1. The molecule has 0 radical (unpaired) electrons. The lowest BCUT2D eigenvalue weighted by atomic mass is 10.2. The van der Waals surface area contributed by atoms with Gasteiger partial charge in [-0.15, -0.1) is 0 Å². The molecule has 1 aromatic rings. The van der Waals surface area contributed by atoms with Gasteiger partial charge in [0.25, 0.3) is 0 Å². The Morgan fingerprint density at radius 3 is 2.41 bits per heavy atom. The highest BCUT2D eigenvalue weighted by atomic mass is 32.2. The summed E-state index contributed by atoms with van der Waals surface area (Å²) in [7, 11) is -3.42. The molecular formula is C12H16O4S. The quantitative estimate of drug-likeness (QED) is 0.752. The summed E-state index contributed by atoms with van der Waals surface area (Å²) in [6.45, 7) is 3.50. The third kappa shape index (κ3) is 3.85. The lowest BCUT2D eigenvalue weighted by Gasteiger charge is -2.10. The highest BCUT2D eigenvalue weighted by Crippen LogP contribution is 2.14. The van der Waals surface area contributed by atoms with Crippen molar-refractivity contribution in [2.24, 2.45) is 5.92 Å². The number of rotatable bonds is 5. The number of sulfone groups is 1. The summed E-state index contributed by atoms with van der Waals surface area (Å²) in [5.41, 5.74) is 0. The highest BCUT2D eigenvalue weighted by Gasteiger charge is 2.23. The maximum atomic E-state index is 11.9. The first kappa shape index (κ1) is 13.7. The summed E-state index contributed by atoms with van der Waals surface area (Å²) in [6.07, 6.45) is 0. The van der Waals surface area contributed by atoms with Crippen LogP contribution < -0.4 is 0 Å². The zero-order chi connectivity index (χ0) is 12.9. The van der Waals surface area contributed by atoms with Crippen molar-refractivity contribution in [3.63, 3.8) is 0 Å². The Kier molecular flexibility index (Phi) is 4.69. The molecule has 17 heavy (non-hydrogen) atoms. The van der Waals surface area contributed by atoms with E-state index in [4.69, 9.17) is 4.74 Å². The number of hydrogen-bond donors (Lipinski definition) is 0. The number of esters is 1. The molecule has 0 N–H and O–H groups in total. The van der Waals surface area contributed by atoms with Crippen molar-refractivity contribution < 1.29 is 17.9 Å². The molecule has 1 atom stereocenters. The van der Waals surface area contributed by atoms with Gasteiger partial charge in [-0.05, 0) is 19.1 Å². The molecule has 0 amide bonds. The van der Waals surface area contributed by atoms with Gasteiger partial charge in [0.15, 0.2) is 9.84 Å². The largest absolute Gasteiger partial charge is 0.466 e. The second kappa shape index (κ2) is 5.82. The second-order valence-electron chi connectivity index (χ2n) is 3.75. The maximum absolute atomic E-state index is 11.9. The fraction of sp³-hybridized carbons (Fsp3) is 0.417. The van der Waals surface area contributed by atoms with Crippen LogP contribution in [0, 0.1) is 5.92 Å². The Morgan fingerprint density at radius 1 is 1.29 bits per heavy atom. The zero-order valence-electron chi connectivity index (χ0n) is 9.92. The fourth-order valence-corrected chi connectivity index (χ4v) is 2.96. The van der Waals surface area contributed by atoms with Gasteiger partial charge in [-0.3, -0.25) is 4.79 Å². The van der Waals surface area contributed by atoms with Crippen LogP contribution >= 0.6 is 0 Å². The van der Waals surface area contributed by atoms with Gasteiger partial charge in [0.2, 0.25) is 0 Å². The van der Waals surface area contributed by atoms with Crippen molar-refractivity contribution in [3.05, 3.63) is 30.3 Å². The third-order valence-electron chi connectivity index (χ3n) is 2.26. The first-order valence-electron chi connectivity index (χ1n) is 5.42. The Hall–Kier alpha value is -1.36.